The Morgan fingerprint density at radius 1 is 1.17 bits per heavy atom. The van der Waals surface area contributed by atoms with Crippen LogP contribution >= 0.6 is 11.3 Å². The number of hydrogen-bond acceptors (Lipinski definition) is 4. The van der Waals surface area contributed by atoms with Gasteiger partial charge >= 0.3 is 0 Å². The number of amides is 1. The number of fused-ring (bicyclic) bond motifs is 1. The van der Waals surface area contributed by atoms with Crippen LogP contribution in [0.25, 0.3) is 0 Å². The summed E-state index contributed by atoms with van der Waals surface area (Å²) in [4.78, 5) is 16.3. The van der Waals surface area contributed by atoms with E-state index in [1.165, 1.54) is 10.4 Å². The van der Waals surface area contributed by atoms with Gasteiger partial charge in [-0.25, -0.2) is 0 Å². The molecule has 2 aliphatic heterocycles. The van der Waals surface area contributed by atoms with Gasteiger partial charge in [0, 0.05) is 11.4 Å². The first kappa shape index (κ1) is 14.9. The van der Waals surface area contributed by atoms with Crippen molar-refractivity contribution >= 4 is 17.2 Å². The fourth-order valence-electron chi connectivity index (χ4n) is 3.36. The maximum Gasteiger partial charge on any atom is 0.254 e. The van der Waals surface area contributed by atoms with Crippen molar-refractivity contribution in [3.63, 3.8) is 0 Å². The van der Waals surface area contributed by atoms with Crippen LogP contribution in [0.4, 0.5) is 0 Å². The SMILES string of the molecule is O=C(C1COCCO1)N1CCc2sccc2C1c1ccccc1. The van der Waals surface area contributed by atoms with Crippen LogP contribution in [0.15, 0.2) is 41.8 Å². The molecule has 1 fully saturated rings. The molecule has 4 rings (SSSR count). The smallest absolute Gasteiger partial charge is 0.254 e. The van der Waals surface area contributed by atoms with Gasteiger partial charge in [-0.15, -0.1) is 11.3 Å². The Labute approximate surface area is 139 Å². The lowest BCUT2D eigenvalue weighted by molar-refractivity contribution is -0.160. The van der Waals surface area contributed by atoms with E-state index in [0.717, 1.165) is 18.5 Å². The second kappa shape index (κ2) is 6.43. The van der Waals surface area contributed by atoms with Gasteiger partial charge in [0.2, 0.25) is 0 Å². The summed E-state index contributed by atoms with van der Waals surface area (Å²) in [5, 5.41) is 2.12. The second-order valence-corrected chi connectivity index (χ2v) is 6.83. The summed E-state index contributed by atoms with van der Waals surface area (Å²) in [6.07, 6.45) is 0.436. The van der Waals surface area contributed by atoms with Gasteiger partial charge in [-0.1, -0.05) is 30.3 Å². The quantitative estimate of drug-likeness (QED) is 0.850. The van der Waals surface area contributed by atoms with Gasteiger partial charge in [-0.05, 0) is 29.0 Å². The number of carbonyl (C=O) groups is 1. The van der Waals surface area contributed by atoms with Gasteiger partial charge in [-0.3, -0.25) is 4.79 Å². The Balaban J connectivity index is 1.69. The molecular weight excluding hydrogens is 310 g/mol. The summed E-state index contributed by atoms with van der Waals surface area (Å²) >= 11 is 1.78. The van der Waals surface area contributed by atoms with Crippen molar-refractivity contribution < 1.29 is 14.3 Å². The number of hydrogen-bond donors (Lipinski definition) is 0. The van der Waals surface area contributed by atoms with Crippen LogP contribution in [-0.4, -0.2) is 43.3 Å². The van der Waals surface area contributed by atoms with Crippen LogP contribution in [0, 0.1) is 0 Å². The minimum atomic E-state index is -0.477. The fourth-order valence-corrected chi connectivity index (χ4v) is 4.27. The highest BCUT2D eigenvalue weighted by molar-refractivity contribution is 7.10. The lowest BCUT2D eigenvalue weighted by atomic mass is 9.93. The van der Waals surface area contributed by atoms with Crippen LogP contribution in [-0.2, 0) is 20.7 Å². The minimum Gasteiger partial charge on any atom is -0.376 e. The van der Waals surface area contributed by atoms with Crippen molar-refractivity contribution in [2.45, 2.75) is 18.6 Å². The first-order valence-electron chi connectivity index (χ1n) is 7.95. The summed E-state index contributed by atoms with van der Waals surface area (Å²) in [6, 6.07) is 12.4. The molecule has 120 valence electrons. The predicted molar refractivity (Wildman–Crippen MR) is 88.6 cm³/mol. The highest BCUT2D eigenvalue weighted by Crippen LogP contribution is 2.38. The standard InChI is InChI=1S/C18H19NO3S/c20-18(15-12-21-9-10-22-15)19-8-6-16-14(7-11-23-16)17(19)13-4-2-1-3-5-13/h1-5,7,11,15,17H,6,8-10,12H2. The van der Waals surface area contributed by atoms with Crippen LogP contribution in [0.3, 0.4) is 0 Å². The Kier molecular flexibility index (Phi) is 4.16. The van der Waals surface area contributed by atoms with Crippen molar-refractivity contribution in [2.75, 3.05) is 26.4 Å². The number of nitrogens with zero attached hydrogens (tertiary/aromatic N) is 1. The molecule has 0 aliphatic carbocycles. The summed E-state index contributed by atoms with van der Waals surface area (Å²) in [6.45, 7) is 2.14. The molecule has 4 nitrogen and oxygen atoms in total. The highest BCUT2D eigenvalue weighted by atomic mass is 32.1. The van der Waals surface area contributed by atoms with Crippen molar-refractivity contribution in [3.05, 3.63) is 57.8 Å². The number of ether oxygens (including phenoxy) is 2. The Morgan fingerprint density at radius 3 is 2.83 bits per heavy atom. The van der Waals surface area contributed by atoms with E-state index < -0.39 is 6.10 Å². The van der Waals surface area contributed by atoms with Crippen molar-refractivity contribution in [3.8, 4) is 0 Å². The van der Waals surface area contributed by atoms with Crippen molar-refractivity contribution in [1.82, 2.24) is 4.90 Å². The Hall–Kier alpha value is -1.69. The summed E-state index contributed by atoms with van der Waals surface area (Å²) in [5.41, 5.74) is 2.40. The maximum absolute atomic E-state index is 13.0. The zero-order chi connectivity index (χ0) is 15.6. The number of thiophene rings is 1. The third-order valence-corrected chi connectivity index (χ3v) is 5.45. The predicted octanol–water partition coefficient (Wildman–Crippen LogP) is 2.64. The number of carbonyl (C=O) groups excluding carboxylic acids is 1. The van der Waals surface area contributed by atoms with E-state index in [0.29, 0.717) is 19.8 Å². The van der Waals surface area contributed by atoms with E-state index in [1.807, 2.05) is 23.1 Å². The fraction of sp³-hybridized carbons (Fsp3) is 0.389. The van der Waals surface area contributed by atoms with Crippen LogP contribution < -0.4 is 0 Å². The molecule has 0 saturated carbocycles. The summed E-state index contributed by atoms with van der Waals surface area (Å²) in [5.74, 6) is 0.0374. The molecule has 0 N–H and O–H groups in total. The normalized spacial score (nSPS) is 24.3. The first-order valence-corrected chi connectivity index (χ1v) is 8.83. The second-order valence-electron chi connectivity index (χ2n) is 5.83. The average Bonchev–Trinajstić information content (AvgIpc) is 3.10. The average molecular weight is 329 g/mol. The zero-order valence-electron chi connectivity index (χ0n) is 12.8. The van der Waals surface area contributed by atoms with Crippen molar-refractivity contribution in [1.29, 1.82) is 0 Å². The molecule has 5 heteroatoms. The number of benzene rings is 1. The molecule has 2 atom stereocenters. The van der Waals surface area contributed by atoms with Gasteiger partial charge in [-0.2, -0.15) is 0 Å². The number of rotatable bonds is 2. The van der Waals surface area contributed by atoms with Gasteiger partial charge in [0.1, 0.15) is 0 Å². The van der Waals surface area contributed by atoms with Gasteiger partial charge in [0.25, 0.3) is 5.91 Å². The Bertz CT molecular complexity index is 679. The van der Waals surface area contributed by atoms with E-state index in [1.54, 1.807) is 11.3 Å². The molecule has 1 aromatic carbocycles. The van der Waals surface area contributed by atoms with Crippen LogP contribution in [0.2, 0.25) is 0 Å². The molecule has 1 amide bonds. The van der Waals surface area contributed by atoms with E-state index in [2.05, 4.69) is 23.6 Å². The molecule has 23 heavy (non-hydrogen) atoms. The molecule has 2 aliphatic rings. The molecule has 0 spiro atoms. The first-order chi connectivity index (χ1) is 11.3. The third kappa shape index (κ3) is 2.80. The molecule has 2 aromatic rings. The van der Waals surface area contributed by atoms with Crippen LogP contribution in [0.5, 0.6) is 0 Å². The van der Waals surface area contributed by atoms with E-state index >= 15 is 0 Å². The topological polar surface area (TPSA) is 38.8 Å². The molecular formula is C18H19NO3S. The molecule has 3 heterocycles. The van der Waals surface area contributed by atoms with Gasteiger partial charge in [0.05, 0.1) is 25.9 Å². The molecule has 0 radical (unpaired) electrons. The van der Waals surface area contributed by atoms with Crippen molar-refractivity contribution in [2.24, 2.45) is 0 Å². The molecule has 0 bridgehead atoms. The molecule has 2 unspecified atom stereocenters. The highest BCUT2D eigenvalue weighted by Gasteiger charge is 2.36. The van der Waals surface area contributed by atoms with E-state index in [4.69, 9.17) is 9.47 Å². The summed E-state index contributed by atoms with van der Waals surface area (Å²) < 4.78 is 11.1. The zero-order valence-corrected chi connectivity index (χ0v) is 13.6. The van der Waals surface area contributed by atoms with E-state index in [9.17, 15) is 4.79 Å². The van der Waals surface area contributed by atoms with Gasteiger partial charge < -0.3 is 14.4 Å². The monoisotopic (exact) mass is 329 g/mol. The Morgan fingerprint density at radius 2 is 2.04 bits per heavy atom. The largest absolute Gasteiger partial charge is 0.376 e. The lowest BCUT2D eigenvalue weighted by Crippen LogP contribution is -2.49. The molecule has 1 aromatic heterocycles. The van der Waals surface area contributed by atoms with Gasteiger partial charge in [0.15, 0.2) is 6.10 Å². The lowest BCUT2D eigenvalue weighted by Gasteiger charge is -2.38. The van der Waals surface area contributed by atoms with E-state index in [-0.39, 0.29) is 11.9 Å². The van der Waals surface area contributed by atoms with Crippen LogP contribution in [0.1, 0.15) is 22.0 Å². The minimum absolute atomic E-state index is 0.0239. The third-order valence-electron chi connectivity index (χ3n) is 4.46. The molecule has 1 saturated heterocycles. The maximum atomic E-state index is 13.0. The summed E-state index contributed by atoms with van der Waals surface area (Å²) in [7, 11) is 0.